The van der Waals surface area contributed by atoms with Gasteiger partial charge in [-0.3, -0.25) is 0 Å². The highest BCUT2D eigenvalue weighted by atomic mass is 16.7. The van der Waals surface area contributed by atoms with Gasteiger partial charge in [-0.1, -0.05) is 17.3 Å². The summed E-state index contributed by atoms with van der Waals surface area (Å²) in [6, 6.07) is 7.58. The first kappa shape index (κ1) is 15.7. The van der Waals surface area contributed by atoms with E-state index in [0.717, 1.165) is 5.56 Å². The van der Waals surface area contributed by atoms with E-state index < -0.39 is 18.3 Å². The van der Waals surface area contributed by atoms with Gasteiger partial charge in [-0.2, -0.15) is 10.2 Å². The number of aryl methyl sites for hydroxylation is 1. The number of aromatic nitrogens is 2. The Hall–Kier alpha value is -2.17. The third-order valence-corrected chi connectivity index (χ3v) is 4.47. The molecule has 0 unspecified atom stereocenters. The summed E-state index contributed by atoms with van der Waals surface area (Å²) < 4.78 is 17.0. The molecule has 3 rings (SSSR count). The van der Waals surface area contributed by atoms with Gasteiger partial charge in [-0.25, -0.2) is 0 Å². The molecule has 1 aliphatic heterocycles. The molecule has 1 aliphatic rings. The molecule has 1 aromatic heterocycles. The average Bonchev–Trinajstić information content (AvgIpc) is 3.00. The van der Waals surface area contributed by atoms with Gasteiger partial charge in [-0.05, 0) is 33.8 Å². The van der Waals surface area contributed by atoms with Crippen LogP contribution in [0.5, 0.6) is 0 Å². The van der Waals surface area contributed by atoms with Crippen molar-refractivity contribution in [1.29, 1.82) is 5.26 Å². The van der Waals surface area contributed by atoms with Gasteiger partial charge in [0.2, 0.25) is 11.7 Å². The molecule has 0 aliphatic carbocycles. The summed E-state index contributed by atoms with van der Waals surface area (Å²) in [7, 11) is -0.573. The zero-order chi connectivity index (χ0) is 16.8. The average molecular weight is 311 g/mol. The maximum Gasteiger partial charge on any atom is 0.496 e. The molecule has 2 aromatic rings. The van der Waals surface area contributed by atoms with Crippen LogP contribution in [0.1, 0.15) is 39.1 Å². The van der Waals surface area contributed by atoms with Crippen molar-refractivity contribution in [2.45, 2.75) is 45.8 Å². The van der Waals surface area contributed by atoms with E-state index >= 15 is 0 Å². The van der Waals surface area contributed by atoms with Gasteiger partial charge in [0.05, 0.1) is 22.8 Å². The maximum absolute atomic E-state index is 9.49. The van der Waals surface area contributed by atoms with Gasteiger partial charge in [0.15, 0.2) is 0 Å². The molecule has 0 spiro atoms. The molecule has 118 valence electrons. The molecular formula is C16H18BN3O3. The van der Waals surface area contributed by atoms with Gasteiger partial charge in [0.25, 0.3) is 0 Å². The van der Waals surface area contributed by atoms with Crippen LogP contribution in [-0.4, -0.2) is 28.5 Å². The summed E-state index contributed by atoms with van der Waals surface area (Å²) in [4.78, 5) is 4.18. The molecule has 7 heteroatoms. The van der Waals surface area contributed by atoms with E-state index in [2.05, 4.69) is 16.2 Å². The smallest absolute Gasteiger partial charge is 0.399 e. The van der Waals surface area contributed by atoms with Gasteiger partial charge in [0, 0.05) is 17.9 Å². The second kappa shape index (κ2) is 5.19. The SMILES string of the molecule is Cc1nc(-c2ccc(B3OC(C)(C)C(C)(C)O3)c(C#N)c2)no1. The molecule has 0 atom stereocenters. The van der Waals surface area contributed by atoms with Gasteiger partial charge < -0.3 is 13.8 Å². The lowest BCUT2D eigenvalue weighted by molar-refractivity contribution is 0.00578. The van der Waals surface area contributed by atoms with Crippen LogP contribution in [0.2, 0.25) is 0 Å². The number of benzene rings is 1. The van der Waals surface area contributed by atoms with Crippen LogP contribution in [0.25, 0.3) is 11.4 Å². The first-order valence-corrected chi connectivity index (χ1v) is 7.44. The maximum atomic E-state index is 9.49. The second-order valence-corrected chi connectivity index (χ2v) is 6.64. The molecule has 1 fully saturated rings. The van der Waals surface area contributed by atoms with E-state index in [1.807, 2.05) is 39.8 Å². The van der Waals surface area contributed by atoms with Crippen molar-refractivity contribution in [2.24, 2.45) is 0 Å². The largest absolute Gasteiger partial charge is 0.496 e. The molecule has 0 saturated carbocycles. The van der Waals surface area contributed by atoms with Crippen LogP contribution in [-0.2, 0) is 9.31 Å². The van der Waals surface area contributed by atoms with Crippen LogP contribution in [0, 0.1) is 18.3 Å². The van der Waals surface area contributed by atoms with Crippen molar-refractivity contribution < 1.29 is 13.8 Å². The minimum Gasteiger partial charge on any atom is -0.399 e. The topological polar surface area (TPSA) is 81.2 Å². The Balaban J connectivity index is 1.98. The van der Waals surface area contributed by atoms with Crippen molar-refractivity contribution in [3.05, 3.63) is 29.7 Å². The van der Waals surface area contributed by atoms with E-state index in [1.54, 1.807) is 13.0 Å². The number of nitriles is 1. The van der Waals surface area contributed by atoms with Crippen molar-refractivity contribution in [2.75, 3.05) is 0 Å². The minimum atomic E-state index is -0.573. The van der Waals surface area contributed by atoms with Crippen LogP contribution in [0.15, 0.2) is 22.7 Å². The van der Waals surface area contributed by atoms with E-state index in [4.69, 9.17) is 13.8 Å². The predicted molar refractivity (Wildman–Crippen MR) is 84.9 cm³/mol. The quantitative estimate of drug-likeness (QED) is 0.791. The highest BCUT2D eigenvalue weighted by molar-refractivity contribution is 6.62. The Morgan fingerprint density at radius 3 is 2.30 bits per heavy atom. The zero-order valence-corrected chi connectivity index (χ0v) is 13.9. The van der Waals surface area contributed by atoms with E-state index in [0.29, 0.717) is 22.7 Å². The van der Waals surface area contributed by atoms with E-state index in [1.165, 1.54) is 0 Å². The lowest BCUT2D eigenvalue weighted by Gasteiger charge is -2.32. The monoisotopic (exact) mass is 311 g/mol. The molecule has 23 heavy (non-hydrogen) atoms. The molecule has 0 radical (unpaired) electrons. The molecule has 0 N–H and O–H groups in total. The third-order valence-electron chi connectivity index (χ3n) is 4.47. The molecular weight excluding hydrogens is 293 g/mol. The van der Waals surface area contributed by atoms with Crippen molar-refractivity contribution in [3.63, 3.8) is 0 Å². The Morgan fingerprint density at radius 1 is 1.13 bits per heavy atom. The summed E-state index contributed by atoms with van der Waals surface area (Å²) in [5.74, 6) is 0.938. The van der Waals surface area contributed by atoms with Crippen LogP contribution < -0.4 is 5.46 Å². The second-order valence-electron chi connectivity index (χ2n) is 6.64. The summed E-state index contributed by atoms with van der Waals surface area (Å²) >= 11 is 0. The Bertz CT molecular complexity index is 776. The minimum absolute atomic E-state index is 0.451. The summed E-state index contributed by atoms with van der Waals surface area (Å²) in [5, 5.41) is 13.4. The normalized spacial score (nSPS) is 18.9. The summed E-state index contributed by atoms with van der Waals surface area (Å²) in [6.07, 6.45) is 0. The fourth-order valence-corrected chi connectivity index (χ4v) is 2.38. The predicted octanol–water partition coefficient (Wildman–Crippen LogP) is 2.22. The van der Waals surface area contributed by atoms with E-state index in [-0.39, 0.29) is 0 Å². The van der Waals surface area contributed by atoms with Crippen LogP contribution in [0.4, 0.5) is 0 Å². The number of nitrogens with zero attached hydrogens (tertiary/aromatic N) is 3. The molecule has 2 heterocycles. The first-order valence-electron chi connectivity index (χ1n) is 7.44. The molecule has 0 amide bonds. The van der Waals surface area contributed by atoms with Crippen LogP contribution in [0.3, 0.4) is 0 Å². The summed E-state index contributed by atoms with van der Waals surface area (Å²) in [6.45, 7) is 9.65. The highest BCUT2D eigenvalue weighted by Gasteiger charge is 2.52. The zero-order valence-electron chi connectivity index (χ0n) is 13.9. The molecule has 0 bridgehead atoms. The molecule has 1 aromatic carbocycles. The summed E-state index contributed by atoms with van der Waals surface area (Å²) in [5.41, 5.74) is 0.999. The van der Waals surface area contributed by atoms with Gasteiger partial charge in [-0.15, -0.1) is 0 Å². The number of hydrogen-bond donors (Lipinski definition) is 0. The third kappa shape index (κ3) is 2.65. The van der Waals surface area contributed by atoms with Gasteiger partial charge in [0.1, 0.15) is 0 Å². The lowest BCUT2D eigenvalue weighted by Crippen LogP contribution is -2.41. The molecule has 6 nitrogen and oxygen atoms in total. The number of hydrogen-bond acceptors (Lipinski definition) is 6. The fourth-order valence-electron chi connectivity index (χ4n) is 2.38. The van der Waals surface area contributed by atoms with Crippen molar-refractivity contribution in [1.82, 2.24) is 10.1 Å². The molecule has 1 saturated heterocycles. The first-order chi connectivity index (χ1) is 10.7. The highest BCUT2D eigenvalue weighted by Crippen LogP contribution is 2.36. The Labute approximate surface area is 135 Å². The van der Waals surface area contributed by atoms with Crippen molar-refractivity contribution in [3.8, 4) is 17.5 Å². The lowest BCUT2D eigenvalue weighted by atomic mass is 9.75. The number of rotatable bonds is 2. The van der Waals surface area contributed by atoms with Crippen LogP contribution >= 0.6 is 0 Å². The Morgan fingerprint density at radius 2 is 1.78 bits per heavy atom. The Kier molecular flexibility index (Phi) is 3.54. The van der Waals surface area contributed by atoms with E-state index in [9.17, 15) is 5.26 Å². The standard InChI is InChI=1S/C16H18BN3O3/c1-10-19-14(20-21-10)11-6-7-13(12(8-11)9-18)17-22-15(2,3)16(4,5)23-17/h6-8H,1-5H3. The van der Waals surface area contributed by atoms with Gasteiger partial charge >= 0.3 is 7.12 Å². The fraction of sp³-hybridized carbons (Fsp3) is 0.438. The van der Waals surface area contributed by atoms with Crippen molar-refractivity contribution >= 4 is 12.6 Å².